The average Bonchev–Trinajstić information content (AvgIpc) is 3.14. The Hall–Kier alpha value is -1.79. The minimum Gasteiger partial charge on any atom is -0.308 e. The Labute approximate surface area is 147 Å². The molecule has 0 unspecified atom stereocenters. The van der Waals surface area contributed by atoms with Gasteiger partial charge in [-0.15, -0.1) is 11.8 Å². The van der Waals surface area contributed by atoms with Crippen molar-refractivity contribution < 1.29 is 4.79 Å². The predicted octanol–water partition coefficient (Wildman–Crippen LogP) is 2.47. The molecule has 1 aromatic carbocycles. The lowest BCUT2D eigenvalue weighted by Crippen LogP contribution is -2.43. The first-order valence-corrected chi connectivity index (χ1v) is 9.49. The van der Waals surface area contributed by atoms with Gasteiger partial charge in [0.05, 0.1) is 17.9 Å². The lowest BCUT2D eigenvalue weighted by molar-refractivity contribution is -0.119. The van der Waals surface area contributed by atoms with Crippen molar-refractivity contribution >= 4 is 23.4 Å². The summed E-state index contributed by atoms with van der Waals surface area (Å²) in [5, 5.41) is 7.66. The van der Waals surface area contributed by atoms with Gasteiger partial charge in [-0.05, 0) is 37.7 Å². The highest BCUT2D eigenvalue weighted by atomic mass is 32.2. The first-order chi connectivity index (χ1) is 11.6. The molecule has 1 saturated heterocycles. The first-order valence-electron chi connectivity index (χ1n) is 8.26. The van der Waals surface area contributed by atoms with E-state index in [9.17, 15) is 4.79 Å². The van der Waals surface area contributed by atoms with E-state index in [4.69, 9.17) is 0 Å². The van der Waals surface area contributed by atoms with Gasteiger partial charge in [0, 0.05) is 30.7 Å². The molecule has 0 spiro atoms. The number of nitrogens with zero attached hydrogens (tertiary/aromatic N) is 3. The fourth-order valence-electron chi connectivity index (χ4n) is 3.24. The third-order valence-electron chi connectivity index (χ3n) is 4.41. The zero-order valence-corrected chi connectivity index (χ0v) is 15.2. The number of carbonyl (C=O) groups is 1. The van der Waals surface area contributed by atoms with Crippen LogP contribution in [0.1, 0.15) is 18.9 Å². The molecule has 1 N–H and O–H groups in total. The van der Waals surface area contributed by atoms with Crippen molar-refractivity contribution in [1.82, 2.24) is 15.1 Å². The Balaban J connectivity index is 1.61. The number of nitrogens with one attached hydrogen (secondary N) is 1. The molecule has 24 heavy (non-hydrogen) atoms. The summed E-state index contributed by atoms with van der Waals surface area (Å²) in [7, 11) is 1.87. The predicted molar refractivity (Wildman–Crippen MR) is 98.5 cm³/mol. The number of rotatable bonds is 6. The Kier molecular flexibility index (Phi) is 5.26. The number of benzene rings is 1. The van der Waals surface area contributed by atoms with E-state index in [2.05, 4.69) is 47.9 Å². The van der Waals surface area contributed by atoms with E-state index in [1.165, 1.54) is 10.5 Å². The standard InChI is InChI=1S/C18H24N4OS/c1-13(10-14-6-4-5-7-17(14)24-3)20-16-8-9-22(18(16)23)15-11-19-21(2)12-15/h4-7,11-13,16,20H,8-10H2,1-3H3/t13-,16-/m1/s1. The molecule has 1 aromatic heterocycles. The molecule has 2 aromatic rings. The molecule has 0 radical (unpaired) electrons. The van der Waals surface area contributed by atoms with Crippen LogP contribution >= 0.6 is 11.8 Å². The summed E-state index contributed by atoms with van der Waals surface area (Å²) in [6.07, 6.45) is 7.50. The smallest absolute Gasteiger partial charge is 0.244 e. The van der Waals surface area contributed by atoms with Crippen LogP contribution < -0.4 is 10.2 Å². The molecule has 1 aliphatic heterocycles. The Morgan fingerprint density at radius 2 is 2.21 bits per heavy atom. The van der Waals surface area contributed by atoms with Crippen LogP contribution in [0.25, 0.3) is 0 Å². The van der Waals surface area contributed by atoms with E-state index in [0.29, 0.717) is 0 Å². The maximum Gasteiger partial charge on any atom is 0.244 e. The molecule has 128 valence electrons. The van der Waals surface area contributed by atoms with Crippen molar-refractivity contribution in [3.63, 3.8) is 0 Å². The number of hydrogen-bond donors (Lipinski definition) is 1. The van der Waals surface area contributed by atoms with Gasteiger partial charge in [-0.2, -0.15) is 5.10 Å². The van der Waals surface area contributed by atoms with Gasteiger partial charge in [-0.1, -0.05) is 18.2 Å². The normalized spacial score (nSPS) is 19.0. The third-order valence-corrected chi connectivity index (χ3v) is 5.25. The van der Waals surface area contributed by atoms with E-state index < -0.39 is 0 Å². The molecule has 3 rings (SSSR count). The molecule has 1 aliphatic rings. The topological polar surface area (TPSA) is 50.2 Å². The number of amides is 1. The average molecular weight is 344 g/mol. The molecule has 0 saturated carbocycles. The first kappa shape index (κ1) is 17.0. The van der Waals surface area contributed by atoms with Gasteiger partial charge in [0.15, 0.2) is 0 Å². The van der Waals surface area contributed by atoms with E-state index in [-0.39, 0.29) is 18.0 Å². The second-order valence-electron chi connectivity index (χ2n) is 6.29. The molecule has 5 nitrogen and oxygen atoms in total. The van der Waals surface area contributed by atoms with Crippen LogP contribution in [0.4, 0.5) is 5.69 Å². The molecular weight excluding hydrogens is 320 g/mol. The Bertz CT molecular complexity index is 715. The van der Waals surface area contributed by atoms with Crippen LogP contribution in [0.3, 0.4) is 0 Å². The van der Waals surface area contributed by atoms with Gasteiger partial charge >= 0.3 is 0 Å². The van der Waals surface area contributed by atoms with Crippen LogP contribution in [0.15, 0.2) is 41.6 Å². The molecule has 0 bridgehead atoms. The van der Waals surface area contributed by atoms with E-state index in [0.717, 1.165) is 25.1 Å². The third kappa shape index (κ3) is 3.65. The Morgan fingerprint density at radius 3 is 2.92 bits per heavy atom. The summed E-state index contributed by atoms with van der Waals surface area (Å²) < 4.78 is 1.73. The van der Waals surface area contributed by atoms with Crippen molar-refractivity contribution in [1.29, 1.82) is 0 Å². The van der Waals surface area contributed by atoms with E-state index in [1.54, 1.807) is 22.6 Å². The summed E-state index contributed by atoms with van der Waals surface area (Å²) in [6, 6.07) is 8.61. The zero-order valence-electron chi connectivity index (χ0n) is 14.4. The molecule has 6 heteroatoms. The van der Waals surface area contributed by atoms with Gasteiger partial charge < -0.3 is 10.2 Å². The zero-order chi connectivity index (χ0) is 17.1. The lowest BCUT2D eigenvalue weighted by Gasteiger charge is -2.20. The number of aryl methyl sites for hydroxylation is 1. The maximum atomic E-state index is 12.6. The summed E-state index contributed by atoms with van der Waals surface area (Å²) in [5.74, 6) is 0.146. The molecule has 2 atom stereocenters. The van der Waals surface area contributed by atoms with Gasteiger partial charge in [0.1, 0.15) is 0 Å². The van der Waals surface area contributed by atoms with Crippen LogP contribution in [0, 0.1) is 0 Å². The van der Waals surface area contributed by atoms with E-state index in [1.807, 2.05) is 18.1 Å². The molecule has 1 amide bonds. The summed E-state index contributed by atoms with van der Waals surface area (Å²) in [6.45, 7) is 2.90. The number of hydrogen-bond acceptors (Lipinski definition) is 4. The highest BCUT2D eigenvalue weighted by molar-refractivity contribution is 7.98. The monoisotopic (exact) mass is 344 g/mol. The SMILES string of the molecule is CSc1ccccc1C[C@@H](C)N[C@@H]1CCN(c2cnn(C)c2)C1=O. The highest BCUT2D eigenvalue weighted by Crippen LogP contribution is 2.23. The summed E-state index contributed by atoms with van der Waals surface area (Å²) >= 11 is 1.77. The fraction of sp³-hybridized carbons (Fsp3) is 0.444. The summed E-state index contributed by atoms with van der Waals surface area (Å²) in [5.41, 5.74) is 2.21. The molecule has 1 fully saturated rings. The van der Waals surface area contributed by atoms with Crippen molar-refractivity contribution in [2.45, 2.75) is 36.7 Å². The molecule has 2 heterocycles. The second kappa shape index (κ2) is 7.40. The minimum atomic E-state index is -0.110. The van der Waals surface area contributed by atoms with Crippen LogP contribution in [0.5, 0.6) is 0 Å². The van der Waals surface area contributed by atoms with Crippen molar-refractivity contribution in [2.24, 2.45) is 7.05 Å². The number of anilines is 1. The maximum absolute atomic E-state index is 12.6. The minimum absolute atomic E-state index is 0.110. The highest BCUT2D eigenvalue weighted by Gasteiger charge is 2.33. The van der Waals surface area contributed by atoms with Gasteiger partial charge in [0.2, 0.25) is 5.91 Å². The number of thioether (sulfide) groups is 1. The van der Waals surface area contributed by atoms with Gasteiger partial charge in [-0.3, -0.25) is 9.48 Å². The van der Waals surface area contributed by atoms with Crippen LogP contribution in [0.2, 0.25) is 0 Å². The number of aromatic nitrogens is 2. The Morgan fingerprint density at radius 1 is 1.42 bits per heavy atom. The largest absolute Gasteiger partial charge is 0.308 e. The van der Waals surface area contributed by atoms with Crippen LogP contribution in [-0.2, 0) is 18.3 Å². The summed E-state index contributed by atoms with van der Waals surface area (Å²) in [4.78, 5) is 15.8. The van der Waals surface area contributed by atoms with E-state index >= 15 is 0 Å². The quantitative estimate of drug-likeness (QED) is 0.818. The van der Waals surface area contributed by atoms with Gasteiger partial charge in [-0.25, -0.2) is 0 Å². The second-order valence-corrected chi connectivity index (χ2v) is 7.14. The van der Waals surface area contributed by atoms with Crippen molar-refractivity contribution in [3.8, 4) is 0 Å². The van der Waals surface area contributed by atoms with Crippen molar-refractivity contribution in [2.75, 3.05) is 17.7 Å². The van der Waals surface area contributed by atoms with Crippen molar-refractivity contribution in [3.05, 3.63) is 42.2 Å². The lowest BCUT2D eigenvalue weighted by atomic mass is 10.1. The molecule has 0 aliphatic carbocycles. The van der Waals surface area contributed by atoms with Gasteiger partial charge in [0.25, 0.3) is 0 Å². The fourth-order valence-corrected chi connectivity index (χ4v) is 3.87. The number of carbonyl (C=O) groups excluding carboxylic acids is 1. The molecular formula is C18H24N4OS. The van der Waals surface area contributed by atoms with Crippen LogP contribution in [-0.4, -0.2) is 40.6 Å².